The highest BCUT2D eigenvalue weighted by molar-refractivity contribution is 6.29. The van der Waals surface area contributed by atoms with Crippen molar-refractivity contribution in [2.45, 2.75) is 13.3 Å². The number of nitrogens with zero attached hydrogens (tertiary/aromatic N) is 4. The number of rotatable bonds is 6. The lowest BCUT2D eigenvalue weighted by molar-refractivity contribution is 0.0738. The number of carbonyl (C=O) groups excluding carboxylic acids is 1. The van der Waals surface area contributed by atoms with Crippen LogP contribution < -0.4 is 0 Å². The molecule has 100 valence electrons. The lowest BCUT2D eigenvalue weighted by atomic mass is 10.3. The normalized spacial score (nSPS) is 10.7. The first-order chi connectivity index (χ1) is 8.54. The van der Waals surface area contributed by atoms with Gasteiger partial charge in [-0.1, -0.05) is 18.5 Å². The molecule has 0 atom stereocenters. The first-order valence-electron chi connectivity index (χ1n) is 5.96. The maximum absolute atomic E-state index is 12.2. The van der Waals surface area contributed by atoms with Gasteiger partial charge < -0.3 is 9.80 Å². The maximum Gasteiger partial charge on any atom is 0.274 e. The Balaban J connectivity index is 2.72. The van der Waals surface area contributed by atoms with Crippen LogP contribution in [0.15, 0.2) is 12.4 Å². The molecule has 0 aliphatic rings. The summed E-state index contributed by atoms with van der Waals surface area (Å²) in [6.45, 7) is 4.27. The SMILES string of the molecule is CCCN(CCN(C)C)C(=O)c1cnc(Cl)cn1. The minimum Gasteiger partial charge on any atom is -0.336 e. The number of amides is 1. The molecule has 0 aliphatic carbocycles. The van der Waals surface area contributed by atoms with Gasteiger partial charge in [-0.3, -0.25) is 4.79 Å². The lowest BCUT2D eigenvalue weighted by Gasteiger charge is -2.23. The molecule has 0 aliphatic heterocycles. The van der Waals surface area contributed by atoms with Gasteiger partial charge in [0.15, 0.2) is 0 Å². The quantitative estimate of drug-likeness (QED) is 0.787. The summed E-state index contributed by atoms with van der Waals surface area (Å²) in [6.07, 6.45) is 3.73. The highest BCUT2D eigenvalue weighted by Crippen LogP contribution is 2.05. The van der Waals surface area contributed by atoms with Crippen molar-refractivity contribution in [2.24, 2.45) is 0 Å². The van der Waals surface area contributed by atoms with Gasteiger partial charge in [0, 0.05) is 19.6 Å². The zero-order valence-corrected chi connectivity index (χ0v) is 11.8. The van der Waals surface area contributed by atoms with Gasteiger partial charge in [-0.15, -0.1) is 0 Å². The summed E-state index contributed by atoms with van der Waals surface area (Å²) in [4.78, 5) is 23.9. The summed E-state index contributed by atoms with van der Waals surface area (Å²) in [6, 6.07) is 0. The highest BCUT2D eigenvalue weighted by atomic mass is 35.5. The molecule has 1 rings (SSSR count). The average molecular weight is 271 g/mol. The van der Waals surface area contributed by atoms with Gasteiger partial charge in [0.05, 0.1) is 12.4 Å². The second kappa shape index (κ2) is 7.28. The minimum atomic E-state index is -0.0946. The summed E-state index contributed by atoms with van der Waals surface area (Å²) in [5.74, 6) is -0.0946. The Bertz CT molecular complexity index is 380. The van der Waals surface area contributed by atoms with E-state index < -0.39 is 0 Å². The van der Waals surface area contributed by atoms with Crippen molar-refractivity contribution in [1.29, 1.82) is 0 Å². The van der Waals surface area contributed by atoms with Crippen molar-refractivity contribution in [2.75, 3.05) is 33.7 Å². The third kappa shape index (κ3) is 4.58. The summed E-state index contributed by atoms with van der Waals surface area (Å²) < 4.78 is 0. The van der Waals surface area contributed by atoms with Gasteiger partial charge in [0.2, 0.25) is 0 Å². The highest BCUT2D eigenvalue weighted by Gasteiger charge is 2.16. The van der Waals surface area contributed by atoms with Crippen LogP contribution in [0.25, 0.3) is 0 Å². The molecule has 18 heavy (non-hydrogen) atoms. The molecule has 0 fully saturated rings. The van der Waals surface area contributed by atoms with Crippen LogP contribution in [0.2, 0.25) is 5.15 Å². The third-order valence-electron chi connectivity index (χ3n) is 2.44. The van der Waals surface area contributed by atoms with E-state index in [-0.39, 0.29) is 5.91 Å². The van der Waals surface area contributed by atoms with E-state index in [1.165, 1.54) is 12.4 Å². The molecule has 6 heteroatoms. The zero-order chi connectivity index (χ0) is 13.5. The molecule has 0 aromatic carbocycles. The van der Waals surface area contributed by atoms with Crippen LogP contribution in [0, 0.1) is 0 Å². The van der Waals surface area contributed by atoms with Gasteiger partial charge in [-0.05, 0) is 20.5 Å². The molecule has 5 nitrogen and oxygen atoms in total. The van der Waals surface area contributed by atoms with E-state index in [1.807, 2.05) is 25.9 Å². The molecule has 1 amide bonds. The Labute approximate surface area is 113 Å². The topological polar surface area (TPSA) is 49.3 Å². The summed E-state index contributed by atoms with van der Waals surface area (Å²) in [5, 5.41) is 0.293. The van der Waals surface area contributed by atoms with Crippen molar-refractivity contribution in [3.8, 4) is 0 Å². The summed E-state index contributed by atoms with van der Waals surface area (Å²) in [7, 11) is 3.97. The lowest BCUT2D eigenvalue weighted by Crippen LogP contribution is -2.37. The number of likely N-dealkylation sites (N-methyl/N-ethyl adjacent to an activating group) is 1. The Morgan fingerprint density at radius 3 is 2.44 bits per heavy atom. The van der Waals surface area contributed by atoms with Crippen molar-refractivity contribution in [1.82, 2.24) is 19.8 Å². The second-order valence-electron chi connectivity index (χ2n) is 4.32. The van der Waals surface area contributed by atoms with Gasteiger partial charge in [0.25, 0.3) is 5.91 Å². The van der Waals surface area contributed by atoms with Crippen LogP contribution in [0.5, 0.6) is 0 Å². The fourth-order valence-electron chi connectivity index (χ4n) is 1.49. The first-order valence-corrected chi connectivity index (χ1v) is 6.34. The zero-order valence-electron chi connectivity index (χ0n) is 11.1. The monoisotopic (exact) mass is 270 g/mol. The fourth-order valence-corrected chi connectivity index (χ4v) is 1.59. The number of hydrogen-bond acceptors (Lipinski definition) is 4. The molecule has 0 spiro atoms. The molecule has 1 aromatic rings. The van der Waals surface area contributed by atoms with E-state index in [9.17, 15) is 4.79 Å². The van der Waals surface area contributed by atoms with E-state index in [1.54, 1.807) is 4.90 Å². The van der Waals surface area contributed by atoms with Crippen LogP contribution in [-0.2, 0) is 0 Å². The predicted octanol–water partition coefficient (Wildman–Crippen LogP) is 1.54. The van der Waals surface area contributed by atoms with Gasteiger partial charge >= 0.3 is 0 Å². The predicted molar refractivity (Wildman–Crippen MR) is 71.8 cm³/mol. The standard InChI is InChI=1S/C12H19ClN4O/c1-4-5-17(7-6-16(2)3)12(18)10-8-15-11(13)9-14-10/h8-9H,4-7H2,1-3H3. The van der Waals surface area contributed by atoms with Crippen LogP contribution in [-0.4, -0.2) is 59.4 Å². The molecule has 1 aromatic heterocycles. The Morgan fingerprint density at radius 1 is 1.22 bits per heavy atom. The summed E-state index contributed by atoms with van der Waals surface area (Å²) >= 11 is 5.65. The van der Waals surface area contributed by atoms with Crippen LogP contribution in [0.3, 0.4) is 0 Å². The van der Waals surface area contributed by atoms with Crippen LogP contribution in [0.1, 0.15) is 23.8 Å². The largest absolute Gasteiger partial charge is 0.336 e. The molecule has 0 saturated heterocycles. The molecule has 0 N–H and O–H groups in total. The Kier molecular flexibility index (Phi) is 6.01. The van der Waals surface area contributed by atoms with Crippen molar-refractivity contribution in [3.63, 3.8) is 0 Å². The molecule has 0 bridgehead atoms. The number of halogens is 1. The molecular formula is C12H19ClN4O. The van der Waals surface area contributed by atoms with Gasteiger partial charge in [-0.25, -0.2) is 9.97 Å². The summed E-state index contributed by atoms with van der Waals surface area (Å²) in [5.41, 5.74) is 0.339. The smallest absolute Gasteiger partial charge is 0.274 e. The van der Waals surface area contributed by atoms with Crippen LogP contribution >= 0.6 is 11.6 Å². The molecule has 0 radical (unpaired) electrons. The molecule has 1 heterocycles. The van der Waals surface area contributed by atoms with E-state index in [0.717, 1.165) is 19.5 Å². The van der Waals surface area contributed by atoms with Gasteiger partial charge in [0.1, 0.15) is 10.8 Å². The minimum absolute atomic E-state index is 0.0946. The van der Waals surface area contributed by atoms with E-state index in [4.69, 9.17) is 11.6 Å². The van der Waals surface area contributed by atoms with Gasteiger partial charge in [-0.2, -0.15) is 0 Å². The van der Waals surface area contributed by atoms with Crippen molar-refractivity contribution < 1.29 is 4.79 Å². The molecule has 0 saturated carbocycles. The Morgan fingerprint density at radius 2 is 1.94 bits per heavy atom. The third-order valence-corrected chi connectivity index (χ3v) is 2.63. The average Bonchev–Trinajstić information content (AvgIpc) is 2.34. The molecule has 0 unspecified atom stereocenters. The number of carbonyl (C=O) groups is 1. The van der Waals surface area contributed by atoms with E-state index in [2.05, 4.69) is 9.97 Å². The number of hydrogen-bond donors (Lipinski definition) is 0. The maximum atomic E-state index is 12.2. The second-order valence-corrected chi connectivity index (χ2v) is 4.71. The van der Waals surface area contributed by atoms with E-state index >= 15 is 0 Å². The Hall–Kier alpha value is -1.20. The van der Waals surface area contributed by atoms with Crippen molar-refractivity contribution >= 4 is 17.5 Å². The van der Waals surface area contributed by atoms with E-state index in [0.29, 0.717) is 17.4 Å². The molecular weight excluding hydrogens is 252 g/mol. The first kappa shape index (κ1) is 14.9. The van der Waals surface area contributed by atoms with Crippen LogP contribution in [0.4, 0.5) is 0 Å². The van der Waals surface area contributed by atoms with Crippen molar-refractivity contribution in [3.05, 3.63) is 23.2 Å². The fraction of sp³-hybridized carbons (Fsp3) is 0.583. The number of aromatic nitrogens is 2.